The highest BCUT2D eigenvalue weighted by atomic mass is 35.5. The summed E-state index contributed by atoms with van der Waals surface area (Å²) in [5, 5.41) is 0.450. The first-order chi connectivity index (χ1) is 12.1. The van der Waals surface area contributed by atoms with Gasteiger partial charge in [0.1, 0.15) is 16.9 Å². The van der Waals surface area contributed by atoms with Gasteiger partial charge in [-0.25, -0.2) is 4.79 Å². The zero-order chi connectivity index (χ0) is 17.8. The molecule has 1 fully saturated rings. The quantitative estimate of drug-likeness (QED) is 0.784. The first kappa shape index (κ1) is 17.2. The number of aromatic nitrogens is 1. The van der Waals surface area contributed by atoms with Gasteiger partial charge >= 0.3 is 5.97 Å². The molecule has 1 atom stereocenters. The van der Waals surface area contributed by atoms with E-state index in [1.165, 1.54) is 13.3 Å². The Morgan fingerprint density at radius 1 is 1.20 bits per heavy atom. The number of carbonyl (C=O) groups excluding carboxylic acids is 2. The number of esters is 1. The Labute approximate surface area is 150 Å². The number of nitrogens with zero attached hydrogens (tertiary/aromatic N) is 2. The molecule has 6 nitrogen and oxygen atoms in total. The van der Waals surface area contributed by atoms with Crippen LogP contribution in [0.2, 0.25) is 5.02 Å². The summed E-state index contributed by atoms with van der Waals surface area (Å²) in [6.45, 7) is 1.08. The van der Waals surface area contributed by atoms with Gasteiger partial charge in [-0.2, -0.15) is 0 Å². The minimum Gasteiger partial charge on any atom is -0.487 e. The van der Waals surface area contributed by atoms with Crippen LogP contribution in [0.5, 0.6) is 5.75 Å². The van der Waals surface area contributed by atoms with Crippen LogP contribution in [0.4, 0.5) is 0 Å². The van der Waals surface area contributed by atoms with Crippen molar-refractivity contribution in [1.82, 2.24) is 9.88 Å². The molecule has 7 heteroatoms. The molecule has 1 saturated heterocycles. The number of hydrogen-bond donors (Lipinski definition) is 0. The second kappa shape index (κ2) is 7.53. The SMILES string of the molecule is COC(=O)c1ccc(C(=O)N2CC[C@H](Oc3ccncc3Cl)C2)cc1. The average molecular weight is 361 g/mol. The number of carbonyl (C=O) groups is 2. The predicted octanol–water partition coefficient (Wildman–Crippen LogP) is 2.82. The number of ether oxygens (including phenoxy) is 2. The monoisotopic (exact) mass is 360 g/mol. The number of hydrogen-bond acceptors (Lipinski definition) is 5. The van der Waals surface area contributed by atoms with E-state index in [4.69, 9.17) is 16.3 Å². The van der Waals surface area contributed by atoms with Crippen LogP contribution in [-0.4, -0.2) is 48.1 Å². The third-order valence-corrected chi connectivity index (χ3v) is 4.30. The molecule has 25 heavy (non-hydrogen) atoms. The first-order valence-corrected chi connectivity index (χ1v) is 8.20. The maximum absolute atomic E-state index is 12.6. The summed E-state index contributed by atoms with van der Waals surface area (Å²) in [5.74, 6) is 0.0459. The highest BCUT2D eigenvalue weighted by Gasteiger charge is 2.28. The zero-order valence-corrected chi connectivity index (χ0v) is 14.4. The summed E-state index contributed by atoms with van der Waals surface area (Å²) in [4.78, 5) is 29.7. The molecule has 0 N–H and O–H groups in total. The fraction of sp³-hybridized carbons (Fsp3) is 0.278. The number of halogens is 1. The fourth-order valence-corrected chi connectivity index (χ4v) is 2.86. The summed E-state index contributed by atoms with van der Waals surface area (Å²) < 4.78 is 10.5. The highest BCUT2D eigenvalue weighted by Crippen LogP contribution is 2.26. The molecular weight excluding hydrogens is 344 g/mol. The van der Waals surface area contributed by atoms with Crippen molar-refractivity contribution in [2.24, 2.45) is 0 Å². The number of pyridine rings is 1. The summed E-state index contributed by atoms with van der Waals surface area (Å²) in [6.07, 6.45) is 3.75. The number of rotatable bonds is 4. The van der Waals surface area contributed by atoms with Crippen molar-refractivity contribution in [3.63, 3.8) is 0 Å². The lowest BCUT2D eigenvalue weighted by Crippen LogP contribution is -2.31. The topological polar surface area (TPSA) is 68.7 Å². The van der Waals surface area contributed by atoms with Crippen LogP contribution < -0.4 is 4.74 Å². The molecule has 1 aromatic heterocycles. The van der Waals surface area contributed by atoms with Gasteiger partial charge in [0, 0.05) is 37.0 Å². The van der Waals surface area contributed by atoms with Gasteiger partial charge in [-0.15, -0.1) is 0 Å². The Hall–Kier alpha value is -2.60. The van der Waals surface area contributed by atoms with E-state index in [1.807, 2.05) is 0 Å². The van der Waals surface area contributed by atoms with Crippen LogP contribution in [0.15, 0.2) is 42.7 Å². The minimum atomic E-state index is -0.428. The lowest BCUT2D eigenvalue weighted by atomic mass is 10.1. The molecule has 0 spiro atoms. The Morgan fingerprint density at radius 2 is 1.92 bits per heavy atom. The van der Waals surface area contributed by atoms with Gasteiger partial charge in [-0.3, -0.25) is 9.78 Å². The predicted molar refractivity (Wildman–Crippen MR) is 92.0 cm³/mol. The Balaban J connectivity index is 1.62. The van der Waals surface area contributed by atoms with Crippen molar-refractivity contribution < 1.29 is 19.1 Å². The molecule has 0 unspecified atom stereocenters. The molecule has 2 aromatic rings. The van der Waals surface area contributed by atoms with Crippen LogP contribution in [-0.2, 0) is 4.74 Å². The lowest BCUT2D eigenvalue weighted by molar-refractivity contribution is 0.0600. The van der Waals surface area contributed by atoms with Crippen LogP contribution in [0.25, 0.3) is 0 Å². The Morgan fingerprint density at radius 3 is 2.60 bits per heavy atom. The van der Waals surface area contributed by atoms with Crippen LogP contribution in [0, 0.1) is 0 Å². The minimum absolute atomic E-state index is 0.0941. The molecule has 1 aliphatic heterocycles. The molecule has 1 aliphatic rings. The van der Waals surface area contributed by atoms with Crippen LogP contribution in [0.1, 0.15) is 27.1 Å². The van der Waals surface area contributed by atoms with Gasteiger partial charge in [0.05, 0.1) is 19.2 Å². The molecule has 2 heterocycles. The molecule has 130 valence electrons. The van der Waals surface area contributed by atoms with E-state index in [-0.39, 0.29) is 12.0 Å². The maximum Gasteiger partial charge on any atom is 0.337 e. The maximum atomic E-state index is 12.6. The summed E-state index contributed by atoms with van der Waals surface area (Å²) in [6, 6.07) is 8.13. The molecule has 0 bridgehead atoms. The second-order valence-electron chi connectivity index (χ2n) is 5.65. The van der Waals surface area contributed by atoms with Crippen LogP contribution in [0.3, 0.4) is 0 Å². The largest absolute Gasteiger partial charge is 0.487 e. The smallest absolute Gasteiger partial charge is 0.337 e. The van der Waals surface area contributed by atoms with Crippen molar-refractivity contribution in [2.75, 3.05) is 20.2 Å². The molecule has 0 aliphatic carbocycles. The zero-order valence-electron chi connectivity index (χ0n) is 13.6. The lowest BCUT2D eigenvalue weighted by Gasteiger charge is -2.18. The van der Waals surface area contributed by atoms with E-state index < -0.39 is 5.97 Å². The Kier molecular flexibility index (Phi) is 5.19. The second-order valence-corrected chi connectivity index (χ2v) is 6.06. The third kappa shape index (κ3) is 3.91. The van der Waals surface area contributed by atoms with E-state index in [1.54, 1.807) is 41.4 Å². The number of benzene rings is 1. The van der Waals surface area contributed by atoms with Gasteiger partial charge in [0.15, 0.2) is 0 Å². The van der Waals surface area contributed by atoms with E-state index in [9.17, 15) is 9.59 Å². The van der Waals surface area contributed by atoms with Crippen molar-refractivity contribution in [2.45, 2.75) is 12.5 Å². The number of likely N-dealkylation sites (tertiary alicyclic amines) is 1. The van der Waals surface area contributed by atoms with Crippen molar-refractivity contribution in [3.8, 4) is 5.75 Å². The van der Waals surface area contributed by atoms with Crippen molar-refractivity contribution in [1.29, 1.82) is 0 Å². The standard InChI is InChI=1S/C18H17ClN2O4/c1-24-18(23)13-4-2-12(3-5-13)17(22)21-9-7-14(11-21)25-16-6-8-20-10-15(16)19/h2-6,8,10,14H,7,9,11H2,1H3/t14-/m0/s1. The van der Waals surface area contributed by atoms with E-state index in [0.717, 1.165) is 6.42 Å². The Bertz CT molecular complexity index is 779. The van der Waals surface area contributed by atoms with E-state index in [0.29, 0.717) is 35.0 Å². The van der Waals surface area contributed by atoms with Gasteiger partial charge in [-0.1, -0.05) is 11.6 Å². The van der Waals surface area contributed by atoms with E-state index >= 15 is 0 Å². The molecule has 0 radical (unpaired) electrons. The summed E-state index contributed by atoms with van der Waals surface area (Å²) in [5.41, 5.74) is 0.934. The van der Waals surface area contributed by atoms with Crippen molar-refractivity contribution in [3.05, 3.63) is 58.9 Å². The number of methoxy groups -OCH3 is 1. The van der Waals surface area contributed by atoms with E-state index in [2.05, 4.69) is 9.72 Å². The summed E-state index contributed by atoms with van der Waals surface area (Å²) >= 11 is 6.04. The first-order valence-electron chi connectivity index (χ1n) is 7.82. The van der Waals surface area contributed by atoms with Gasteiger partial charge < -0.3 is 14.4 Å². The van der Waals surface area contributed by atoms with Crippen LogP contribution >= 0.6 is 11.6 Å². The summed E-state index contributed by atoms with van der Waals surface area (Å²) in [7, 11) is 1.32. The fourth-order valence-electron chi connectivity index (χ4n) is 2.70. The van der Waals surface area contributed by atoms with Gasteiger partial charge in [0.2, 0.25) is 0 Å². The molecule has 1 aromatic carbocycles. The van der Waals surface area contributed by atoms with Gasteiger partial charge in [0.25, 0.3) is 5.91 Å². The third-order valence-electron chi connectivity index (χ3n) is 4.01. The van der Waals surface area contributed by atoms with Gasteiger partial charge in [-0.05, 0) is 24.3 Å². The molecule has 3 rings (SSSR count). The number of amides is 1. The average Bonchev–Trinajstić information content (AvgIpc) is 3.11. The highest BCUT2D eigenvalue weighted by molar-refractivity contribution is 6.31. The molecule has 1 amide bonds. The normalized spacial score (nSPS) is 16.6. The van der Waals surface area contributed by atoms with Crippen molar-refractivity contribution >= 4 is 23.5 Å². The molecular formula is C18H17ClN2O4. The molecule has 0 saturated carbocycles.